The number of hydrogen-bond donors (Lipinski definition) is 2. The van der Waals surface area contributed by atoms with Gasteiger partial charge in [0.05, 0.1) is 30.7 Å². The summed E-state index contributed by atoms with van der Waals surface area (Å²) in [6.07, 6.45) is 3.79. The Balaban J connectivity index is 1.93. The zero-order chi connectivity index (χ0) is 22.8. The van der Waals surface area contributed by atoms with Crippen LogP contribution in [0.4, 0.5) is 16.0 Å². The molecule has 0 aliphatic carbocycles. The molecule has 0 spiro atoms. The number of methoxy groups -OCH3 is 1. The van der Waals surface area contributed by atoms with Gasteiger partial charge in [-0.3, -0.25) is 9.38 Å². The first-order valence-electron chi connectivity index (χ1n) is 9.42. The van der Waals surface area contributed by atoms with Crippen molar-refractivity contribution in [3.05, 3.63) is 65.8 Å². The summed E-state index contributed by atoms with van der Waals surface area (Å²) in [6, 6.07) is 7.70. The molecule has 160 valence electrons. The predicted octanol–water partition coefficient (Wildman–Crippen LogP) is 2.74. The molecule has 0 saturated carbocycles. The molecule has 4 aromatic rings. The standard InChI is InChI=1S/C21H17FN8O2/c1-11(28-20-14(7-23)19(24)26-10-27-20)17-18(12-6-13(22)9-25-8-12)30-15(21(31)32-2)4-3-5-16(30)29-17/h3-6,8-11H,1-2H3,(H3,24,26,27,28)/t11-/m0/s1. The number of pyridine rings is 2. The van der Waals surface area contributed by atoms with E-state index in [1.165, 1.54) is 25.7 Å². The number of rotatable bonds is 5. The Labute approximate surface area is 181 Å². The Morgan fingerprint density at radius 3 is 2.88 bits per heavy atom. The van der Waals surface area contributed by atoms with Crippen LogP contribution in [-0.2, 0) is 4.74 Å². The average Bonchev–Trinajstić information content (AvgIpc) is 3.18. The van der Waals surface area contributed by atoms with Crippen LogP contribution < -0.4 is 11.1 Å². The zero-order valence-corrected chi connectivity index (χ0v) is 17.1. The number of ether oxygens (including phenoxy) is 1. The number of aromatic nitrogens is 5. The van der Waals surface area contributed by atoms with Gasteiger partial charge in [-0.25, -0.2) is 24.1 Å². The number of hydrogen-bond acceptors (Lipinski definition) is 9. The number of carbonyl (C=O) groups is 1. The summed E-state index contributed by atoms with van der Waals surface area (Å²) in [5.74, 6) is -0.869. The maximum absolute atomic E-state index is 14.0. The second kappa shape index (κ2) is 8.27. The summed E-state index contributed by atoms with van der Waals surface area (Å²) in [6.45, 7) is 1.79. The van der Waals surface area contributed by atoms with Crippen LogP contribution >= 0.6 is 0 Å². The molecule has 0 fully saturated rings. The summed E-state index contributed by atoms with van der Waals surface area (Å²) < 4.78 is 20.5. The van der Waals surface area contributed by atoms with E-state index >= 15 is 0 Å². The molecule has 10 nitrogen and oxygen atoms in total. The van der Waals surface area contributed by atoms with E-state index in [2.05, 4.69) is 25.3 Å². The van der Waals surface area contributed by atoms with Crippen molar-refractivity contribution < 1.29 is 13.9 Å². The first-order chi connectivity index (χ1) is 15.4. The van der Waals surface area contributed by atoms with E-state index in [9.17, 15) is 14.4 Å². The predicted molar refractivity (Wildman–Crippen MR) is 113 cm³/mol. The number of nitrogens with one attached hydrogen (secondary N) is 1. The Bertz CT molecular complexity index is 1380. The van der Waals surface area contributed by atoms with Crippen molar-refractivity contribution in [1.82, 2.24) is 24.3 Å². The van der Waals surface area contributed by atoms with Gasteiger partial charge in [0.25, 0.3) is 0 Å². The third-order valence-electron chi connectivity index (χ3n) is 4.80. The lowest BCUT2D eigenvalue weighted by atomic mass is 10.1. The highest BCUT2D eigenvalue weighted by Gasteiger charge is 2.25. The van der Waals surface area contributed by atoms with Gasteiger partial charge in [-0.15, -0.1) is 0 Å². The molecule has 0 unspecified atom stereocenters. The monoisotopic (exact) mass is 432 g/mol. The molecule has 1 atom stereocenters. The fourth-order valence-corrected chi connectivity index (χ4v) is 3.39. The van der Waals surface area contributed by atoms with Gasteiger partial charge in [0.2, 0.25) is 0 Å². The molecule has 0 amide bonds. The molecular weight excluding hydrogens is 415 g/mol. The van der Waals surface area contributed by atoms with Crippen LogP contribution in [0.2, 0.25) is 0 Å². The van der Waals surface area contributed by atoms with E-state index in [4.69, 9.17) is 10.5 Å². The quantitative estimate of drug-likeness (QED) is 0.455. The molecule has 0 saturated heterocycles. The minimum absolute atomic E-state index is 0.0368. The van der Waals surface area contributed by atoms with Crippen LogP contribution in [-0.4, -0.2) is 37.4 Å². The topological polar surface area (TPSA) is 144 Å². The number of nitrogens with zero attached hydrogens (tertiary/aromatic N) is 6. The summed E-state index contributed by atoms with van der Waals surface area (Å²) in [5, 5.41) is 12.5. The number of nitrogens with two attached hydrogens (primary N) is 1. The van der Waals surface area contributed by atoms with Crippen molar-refractivity contribution in [3.8, 4) is 17.3 Å². The highest BCUT2D eigenvalue weighted by molar-refractivity contribution is 5.89. The second-order valence-electron chi connectivity index (χ2n) is 6.79. The molecule has 0 aliphatic rings. The van der Waals surface area contributed by atoms with E-state index in [0.29, 0.717) is 22.6 Å². The lowest BCUT2D eigenvalue weighted by Crippen LogP contribution is -2.13. The van der Waals surface area contributed by atoms with Gasteiger partial charge in [0, 0.05) is 11.8 Å². The van der Waals surface area contributed by atoms with E-state index < -0.39 is 17.8 Å². The summed E-state index contributed by atoms with van der Waals surface area (Å²) in [5.41, 5.74) is 7.83. The van der Waals surface area contributed by atoms with E-state index in [1.807, 2.05) is 6.07 Å². The zero-order valence-electron chi connectivity index (χ0n) is 17.1. The van der Waals surface area contributed by atoms with Crippen molar-refractivity contribution in [3.63, 3.8) is 0 Å². The van der Waals surface area contributed by atoms with Crippen LogP contribution in [0.25, 0.3) is 16.9 Å². The van der Waals surface area contributed by atoms with Crippen LogP contribution in [0.15, 0.2) is 43.0 Å². The maximum atomic E-state index is 14.0. The molecule has 0 aromatic carbocycles. The van der Waals surface area contributed by atoms with Crippen LogP contribution in [0, 0.1) is 17.1 Å². The highest BCUT2D eigenvalue weighted by Crippen LogP contribution is 2.32. The van der Waals surface area contributed by atoms with Crippen molar-refractivity contribution in [2.75, 3.05) is 18.2 Å². The third kappa shape index (κ3) is 3.54. The van der Waals surface area contributed by atoms with E-state index in [0.717, 1.165) is 6.20 Å². The molecular formula is C21H17FN8O2. The summed E-state index contributed by atoms with van der Waals surface area (Å²) in [4.78, 5) is 28.9. The lowest BCUT2D eigenvalue weighted by molar-refractivity contribution is 0.0592. The SMILES string of the molecule is COC(=O)c1cccc2nc([C@H](C)Nc3ncnc(N)c3C#N)c(-c3cncc(F)c3)n12. The number of halogens is 1. The van der Waals surface area contributed by atoms with E-state index in [1.54, 1.807) is 29.5 Å². The fraction of sp³-hybridized carbons (Fsp3) is 0.143. The molecule has 4 aromatic heterocycles. The Morgan fingerprint density at radius 1 is 1.34 bits per heavy atom. The summed E-state index contributed by atoms with van der Waals surface area (Å²) >= 11 is 0. The van der Waals surface area contributed by atoms with Gasteiger partial charge >= 0.3 is 5.97 Å². The number of imidazole rings is 1. The summed E-state index contributed by atoms with van der Waals surface area (Å²) in [7, 11) is 1.27. The first-order valence-corrected chi connectivity index (χ1v) is 9.42. The van der Waals surface area contributed by atoms with Gasteiger partial charge < -0.3 is 15.8 Å². The number of nitrogen functional groups attached to an aromatic ring is 1. The minimum Gasteiger partial charge on any atom is -0.464 e. The van der Waals surface area contributed by atoms with Gasteiger partial charge in [0.15, 0.2) is 0 Å². The average molecular weight is 432 g/mol. The van der Waals surface area contributed by atoms with Crippen molar-refractivity contribution >= 4 is 23.3 Å². The minimum atomic E-state index is -0.582. The number of fused-ring (bicyclic) bond motifs is 1. The number of carbonyl (C=O) groups excluding carboxylic acids is 1. The molecule has 3 N–H and O–H groups in total. The van der Waals surface area contributed by atoms with Crippen LogP contribution in [0.3, 0.4) is 0 Å². The Hall–Kier alpha value is -4.59. The van der Waals surface area contributed by atoms with Gasteiger partial charge in [-0.05, 0) is 25.1 Å². The molecule has 0 radical (unpaired) electrons. The fourth-order valence-electron chi connectivity index (χ4n) is 3.39. The Morgan fingerprint density at radius 2 is 2.16 bits per heavy atom. The highest BCUT2D eigenvalue weighted by atomic mass is 19.1. The molecule has 11 heteroatoms. The normalized spacial score (nSPS) is 11.7. The maximum Gasteiger partial charge on any atom is 0.355 e. The van der Waals surface area contributed by atoms with Crippen molar-refractivity contribution in [2.24, 2.45) is 0 Å². The molecule has 0 aliphatic heterocycles. The Kier molecular flexibility index (Phi) is 5.34. The number of esters is 1. The molecule has 32 heavy (non-hydrogen) atoms. The third-order valence-corrected chi connectivity index (χ3v) is 4.80. The molecule has 0 bridgehead atoms. The van der Waals surface area contributed by atoms with Crippen LogP contribution in [0.1, 0.15) is 34.7 Å². The van der Waals surface area contributed by atoms with Gasteiger partial charge in [-0.1, -0.05) is 6.07 Å². The van der Waals surface area contributed by atoms with Crippen molar-refractivity contribution in [1.29, 1.82) is 5.26 Å². The van der Waals surface area contributed by atoms with Crippen LogP contribution in [0.5, 0.6) is 0 Å². The molecule has 4 heterocycles. The van der Waals surface area contributed by atoms with Gasteiger partial charge in [-0.2, -0.15) is 5.26 Å². The first kappa shape index (κ1) is 20.7. The smallest absolute Gasteiger partial charge is 0.355 e. The largest absolute Gasteiger partial charge is 0.464 e. The molecule has 4 rings (SSSR count). The second-order valence-corrected chi connectivity index (χ2v) is 6.79. The van der Waals surface area contributed by atoms with Gasteiger partial charge in [0.1, 0.15) is 46.8 Å². The van der Waals surface area contributed by atoms with E-state index in [-0.39, 0.29) is 22.9 Å². The lowest BCUT2D eigenvalue weighted by Gasteiger charge is -2.16. The number of anilines is 2. The van der Waals surface area contributed by atoms with Crippen molar-refractivity contribution in [2.45, 2.75) is 13.0 Å². The number of nitriles is 1.